The van der Waals surface area contributed by atoms with E-state index in [4.69, 9.17) is 31.2 Å². The highest BCUT2D eigenvalue weighted by Crippen LogP contribution is 2.36. The van der Waals surface area contributed by atoms with Gasteiger partial charge in [-0.05, 0) is 18.2 Å². The van der Waals surface area contributed by atoms with Crippen LogP contribution in [0.5, 0.6) is 0 Å². The van der Waals surface area contributed by atoms with Crippen LogP contribution in [0.2, 0.25) is 5.02 Å². The third-order valence-electron chi connectivity index (χ3n) is 5.44. The summed E-state index contributed by atoms with van der Waals surface area (Å²) in [7, 11) is 1.28. The van der Waals surface area contributed by atoms with Crippen LogP contribution in [0.4, 0.5) is 4.39 Å². The van der Waals surface area contributed by atoms with Crippen LogP contribution >= 0.6 is 22.9 Å². The van der Waals surface area contributed by atoms with Crippen molar-refractivity contribution in [3.63, 3.8) is 0 Å². The van der Waals surface area contributed by atoms with Gasteiger partial charge in [0.1, 0.15) is 11.9 Å². The molecule has 0 aliphatic carbocycles. The Morgan fingerprint density at radius 3 is 2.97 bits per heavy atom. The summed E-state index contributed by atoms with van der Waals surface area (Å²) in [5, 5.41) is 14.7. The number of aliphatic imine (C=N–C) groups is 1. The van der Waals surface area contributed by atoms with Crippen molar-refractivity contribution in [2.45, 2.75) is 12.1 Å². The number of methoxy groups -OCH3 is 1. The number of benzene rings is 1. The smallest absolute Gasteiger partial charge is 0.338 e. The van der Waals surface area contributed by atoms with E-state index >= 15 is 0 Å². The van der Waals surface area contributed by atoms with Gasteiger partial charge in [0.2, 0.25) is 0 Å². The number of rotatable bonds is 7. The number of hydrogen-bond acceptors (Lipinski definition) is 9. The molecule has 1 aromatic carbocycles. The first-order valence-electron chi connectivity index (χ1n) is 10.6. The molecule has 0 bridgehead atoms. The van der Waals surface area contributed by atoms with Crippen LogP contribution in [-0.4, -0.2) is 72.2 Å². The van der Waals surface area contributed by atoms with Gasteiger partial charge in [-0.25, -0.2) is 19.0 Å². The average molecular weight is 521 g/mol. The fraction of sp³-hybridized carbons (Fsp3) is 0.304. The largest absolute Gasteiger partial charge is 0.478 e. The lowest BCUT2D eigenvalue weighted by Gasteiger charge is -2.34. The number of nitrogens with one attached hydrogen (secondary N) is 1. The predicted molar refractivity (Wildman–Crippen MR) is 128 cm³/mol. The van der Waals surface area contributed by atoms with Crippen LogP contribution in [0.1, 0.15) is 16.6 Å². The third-order valence-corrected chi connectivity index (χ3v) is 6.54. The lowest BCUT2D eigenvalue weighted by molar-refractivity contribution is -0.136. The first kappa shape index (κ1) is 25.0. The van der Waals surface area contributed by atoms with Gasteiger partial charge in [-0.1, -0.05) is 17.7 Å². The van der Waals surface area contributed by atoms with E-state index in [0.29, 0.717) is 48.3 Å². The summed E-state index contributed by atoms with van der Waals surface area (Å²) in [4.78, 5) is 34.9. The van der Waals surface area contributed by atoms with Crippen LogP contribution in [-0.2, 0) is 19.1 Å². The van der Waals surface area contributed by atoms with Crippen LogP contribution in [0.25, 0.3) is 0 Å². The number of amidine groups is 1. The van der Waals surface area contributed by atoms with Crippen molar-refractivity contribution in [3.8, 4) is 0 Å². The first-order chi connectivity index (χ1) is 16.9. The van der Waals surface area contributed by atoms with Crippen molar-refractivity contribution in [2.24, 2.45) is 4.99 Å². The number of carboxylic acids is 1. The Balaban J connectivity index is 1.73. The van der Waals surface area contributed by atoms with E-state index in [1.54, 1.807) is 11.6 Å². The third kappa shape index (κ3) is 5.93. The number of nitrogens with zero attached hydrogens (tertiary/aromatic N) is 3. The number of thiazole rings is 1. The Kier molecular flexibility index (Phi) is 7.91. The van der Waals surface area contributed by atoms with Gasteiger partial charge in [0.25, 0.3) is 0 Å². The molecule has 2 N–H and O–H groups in total. The lowest BCUT2D eigenvalue weighted by Crippen LogP contribution is -2.46. The van der Waals surface area contributed by atoms with Crippen molar-refractivity contribution in [3.05, 3.63) is 74.6 Å². The molecule has 12 heteroatoms. The fourth-order valence-corrected chi connectivity index (χ4v) is 4.73. The van der Waals surface area contributed by atoms with Gasteiger partial charge < -0.3 is 19.9 Å². The Bertz CT molecular complexity index is 1200. The van der Waals surface area contributed by atoms with E-state index in [-0.39, 0.29) is 10.6 Å². The summed E-state index contributed by atoms with van der Waals surface area (Å²) in [5.41, 5.74) is 1.22. The molecule has 0 saturated carbocycles. The molecule has 2 aliphatic heterocycles. The molecule has 35 heavy (non-hydrogen) atoms. The van der Waals surface area contributed by atoms with Crippen molar-refractivity contribution in [1.29, 1.82) is 0 Å². The van der Waals surface area contributed by atoms with Gasteiger partial charge in [-0.15, -0.1) is 11.3 Å². The molecule has 9 nitrogen and oxygen atoms in total. The summed E-state index contributed by atoms with van der Waals surface area (Å²) in [5.74, 6) is -1.72. The number of esters is 1. The second-order valence-corrected chi connectivity index (χ2v) is 9.04. The van der Waals surface area contributed by atoms with Crippen molar-refractivity contribution in [1.82, 2.24) is 15.2 Å². The van der Waals surface area contributed by atoms with Crippen LogP contribution in [0, 0.1) is 5.82 Å². The SMILES string of the molecule is COC(=O)C1=C(CN2CCO[C@H](/C=C/C(=O)O)C2)NC(c2nccs2)=N[C@H]1c1ccc(F)cc1Cl. The summed E-state index contributed by atoms with van der Waals surface area (Å²) in [6, 6.07) is 3.08. The van der Waals surface area contributed by atoms with E-state index in [9.17, 15) is 14.0 Å². The highest BCUT2D eigenvalue weighted by molar-refractivity contribution is 7.11. The van der Waals surface area contributed by atoms with Gasteiger partial charge in [-0.2, -0.15) is 0 Å². The predicted octanol–water partition coefficient (Wildman–Crippen LogP) is 2.80. The molecule has 3 heterocycles. The number of ether oxygens (including phenoxy) is 2. The second-order valence-electron chi connectivity index (χ2n) is 7.73. The fourth-order valence-electron chi connectivity index (χ4n) is 3.87. The Morgan fingerprint density at radius 2 is 2.29 bits per heavy atom. The number of hydrogen-bond donors (Lipinski definition) is 2. The van der Waals surface area contributed by atoms with Crippen molar-refractivity contribution in [2.75, 3.05) is 33.4 Å². The standard InChI is InChI=1S/C23H22ClFN4O5S/c1-33-23(32)19-17(12-29-7-8-34-14(11-29)3-5-18(30)31)27-21(22-26-6-9-35-22)28-20(19)15-4-2-13(25)10-16(15)24/h2-6,9-10,14,20H,7-8,11-12H2,1H3,(H,27,28)(H,30,31)/b5-3+/t14-,20+/m1/s1. The maximum Gasteiger partial charge on any atom is 0.338 e. The molecular weight excluding hydrogens is 499 g/mol. The lowest BCUT2D eigenvalue weighted by atomic mass is 9.95. The second kappa shape index (κ2) is 11.1. The highest BCUT2D eigenvalue weighted by Gasteiger charge is 2.35. The molecule has 0 amide bonds. The van der Waals surface area contributed by atoms with Crippen LogP contribution in [0.3, 0.4) is 0 Å². The zero-order valence-electron chi connectivity index (χ0n) is 18.6. The minimum Gasteiger partial charge on any atom is -0.478 e. The monoisotopic (exact) mass is 520 g/mol. The molecule has 0 unspecified atom stereocenters. The van der Waals surface area contributed by atoms with E-state index < -0.39 is 29.9 Å². The summed E-state index contributed by atoms with van der Waals surface area (Å²) in [6.07, 6.45) is 3.76. The van der Waals surface area contributed by atoms with Crippen LogP contribution in [0.15, 0.2) is 58.2 Å². The van der Waals surface area contributed by atoms with Gasteiger partial charge in [0.05, 0.1) is 25.4 Å². The minimum atomic E-state index is -1.06. The summed E-state index contributed by atoms with van der Waals surface area (Å²) >= 11 is 7.74. The molecule has 1 saturated heterocycles. The molecule has 184 valence electrons. The molecular formula is C23H22ClFN4O5S. The van der Waals surface area contributed by atoms with Gasteiger partial charge in [-0.3, -0.25) is 9.89 Å². The molecule has 1 fully saturated rings. The summed E-state index contributed by atoms with van der Waals surface area (Å²) < 4.78 is 24.5. The quantitative estimate of drug-likeness (QED) is 0.423. The number of carbonyl (C=O) groups is 2. The first-order valence-corrected chi connectivity index (χ1v) is 11.9. The molecule has 4 rings (SSSR count). The maximum absolute atomic E-state index is 13.8. The molecule has 0 spiro atoms. The van der Waals surface area contributed by atoms with Crippen molar-refractivity contribution < 1.29 is 28.6 Å². The topological polar surface area (TPSA) is 113 Å². The van der Waals surface area contributed by atoms with Crippen molar-refractivity contribution >= 4 is 40.7 Å². The number of morpholine rings is 1. The molecule has 2 aliphatic rings. The summed E-state index contributed by atoms with van der Waals surface area (Å²) in [6.45, 7) is 1.65. The number of carbonyl (C=O) groups excluding carboxylic acids is 1. The molecule has 2 atom stereocenters. The van der Waals surface area contributed by atoms with E-state index in [0.717, 1.165) is 6.08 Å². The Hall–Kier alpha value is -3.12. The number of aliphatic carboxylic acids is 1. The van der Waals surface area contributed by atoms with Gasteiger partial charge in [0, 0.05) is 53.6 Å². The van der Waals surface area contributed by atoms with E-state index in [1.165, 1.54) is 42.7 Å². The number of aromatic nitrogens is 1. The Morgan fingerprint density at radius 1 is 1.46 bits per heavy atom. The van der Waals surface area contributed by atoms with Crippen LogP contribution < -0.4 is 5.32 Å². The molecule has 2 aromatic rings. The molecule has 1 aromatic heterocycles. The average Bonchev–Trinajstić information content (AvgIpc) is 3.37. The van der Waals surface area contributed by atoms with Gasteiger partial charge in [0.15, 0.2) is 10.8 Å². The normalized spacial score (nSPS) is 21.1. The highest BCUT2D eigenvalue weighted by atomic mass is 35.5. The minimum absolute atomic E-state index is 0.130. The van der Waals surface area contributed by atoms with E-state index in [1.807, 2.05) is 4.90 Å². The molecule has 0 radical (unpaired) electrons. The van der Waals surface area contributed by atoms with Gasteiger partial charge >= 0.3 is 11.9 Å². The number of halogens is 2. The van der Waals surface area contributed by atoms with E-state index in [2.05, 4.69) is 10.3 Å². The number of carboxylic acid groups (broad SMARTS) is 1. The Labute approximate surface area is 209 Å². The zero-order valence-corrected chi connectivity index (χ0v) is 20.2. The zero-order chi connectivity index (χ0) is 24.9. The maximum atomic E-state index is 13.8.